The van der Waals surface area contributed by atoms with Gasteiger partial charge in [-0.2, -0.15) is 5.10 Å². The molecule has 0 bridgehead atoms. The normalized spacial score (nSPS) is 18.0. The molecule has 1 fully saturated rings. The van der Waals surface area contributed by atoms with Gasteiger partial charge in [0.15, 0.2) is 0 Å². The van der Waals surface area contributed by atoms with Crippen LogP contribution in [0.25, 0.3) is 10.9 Å². The fourth-order valence-electron chi connectivity index (χ4n) is 2.46. The van der Waals surface area contributed by atoms with E-state index in [2.05, 4.69) is 21.2 Å². The Labute approximate surface area is 94.4 Å². The molecule has 4 nitrogen and oxygen atoms in total. The first-order valence-corrected chi connectivity index (χ1v) is 5.78. The number of fused-ring (bicyclic) bond motifs is 1. The Bertz CT molecular complexity index is 497. The Balaban J connectivity index is 2.09. The van der Waals surface area contributed by atoms with E-state index in [9.17, 15) is 0 Å². The van der Waals surface area contributed by atoms with Gasteiger partial charge >= 0.3 is 0 Å². The van der Waals surface area contributed by atoms with Crippen molar-refractivity contribution in [3.63, 3.8) is 0 Å². The van der Waals surface area contributed by atoms with Crippen LogP contribution in [-0.4, -0.2) is 22.9 Å². The van der Waals surface area contributed by atoms with E-state index in [4.69, 9.17) is 5.73 Å². The summed E-state index contributed by atoms with van der Waals surface area (Å²) in [5.74, 6) is 0. The number of para-hydroxylation sites is 1. The molecule has 3 N–H and O–H groups in total. The molecule has 1 saturated heterocycles. The molecule has 0 radical (unpaired) electrons. The van der Waals surface area contributed by atoms with Gasteiger partial charge in [0, 0.05) is 5.39 Å². The molecular formula is C12H16N4. The Morgan fingerprint density at radius 1 is 1.31 bits per heavy atom. The lowest BCUT2D eigenvalue weighted by Gasteiger charge is -2.24. The molecular weight excluding hydrogens is 200 g/mol. The van der Waals surface area contributed by atoms with Crippen LogP contribution in [0.5, 0.6) is 0 Å². The van der Waals surface area contributed by atoms with Crippen molar-refractivity contribution in [3.05, 3.63) is 24.4 Å². The van der Waals surface area contributed by atoms with E-state index in [-0.39, 0.29) is 0 Å². The van der Waals surface area contributed by atoms with Gasteiger partial charge in [0.1, 0.15) is 0 Å². The van der Waals surface area contributed by atoms with Crippen LogP contribution in [0.15, 0.2) is 24.4 Å². The summed E-state index contributed by atoms with van der Waals surface area (Å²) in [6, 6.07) is 6.48. The lowest BCUT2D eigenvalue weighted by atomic mass is 10.1. The van der Waals surface area contributed by atoms with Gasteiger partial charge in [0.2, 0.25) is 0 Å². The van der Waals surface area contributed by atoms with E-state index in [1.165, 1.54) is 0 Å². The summed E-state index contributed by atoms with van der Waals surface area (Å²) in [7, 11) is 0. The zero-order valence-corrected chi connectivity index (χ0v) is 9.19. The second-order valence-electron chi connectivity index (χ2n) is 4.36. The van der Waals surface area contributed by atoms with Gasteiger partial charge < -0.3 is 11.1 Å². The summed E-state index contributed by atoms with van der Waals surface area (Å²) in [5.41, 5.74) is 7.95. The number of anilines is 1. The largest absolute Gasteiger partial charge is 0.397 e. The molecule has 1 aliphatic rings. The minimum absolute atomic E-state index is 0.489. The van der Waals surface area contributed by atoms with Crippen LogP contribution in [-0.2, 0) is 0 Å². The van der Waals surface area contributed by atoms with Gasteiger partial charge in [-0.15, -0.1) is 0 Å². The molecule has 0 aliphatic carbocycles. The van der Waals surface area contributed by atoms with Crippen molar-refractivity contribution in [3.8, 4) is 0 Å². The third-order valence-corrected chi connectivity index (χ3v) is 3.30. The van der Waals surface area contributed by atoms with E-state index in [1.54, 1.807) is 0 Å². The third-order valence-electron chi connectivity index (χ3n) is 3.30. The zero-order valence-electron chi connectivity index (χ0n) is 9.19. The molecule has 0 spiro atoms. The van der Waals surface area contributed by atoms with Crippen LogP contribution in [0.2, 0.25) is 0 Å². The van der Waals surface area contributed by atoms with E-state index in [0.717, 1.165) is 42.5 Å². The number of nitrogens with one attached hydrogen (secondary N) is 1. The zero-order chi connectivity index (χ0) is 11.0. The van der Waals surface area contributed by atoms with Crippen molar-refractivity contribution >= 4 is 16.6 Å². The van der Waals surface area contributed by atoms with Crippen molar-refractivity contribution in [2.75, 3.05) is 18.8 Å². The summed E-state index contributed by atoms with van der Waals surface area (Å²) >= 11 is 0. The number of benzene rings is 1. The molecule has 84 valence electrons. The number of hydrogen-bond acceptors (Lipinski definition) is 3. The number of aromatic nitrogens is 2. The Morgan fingerprint density at radius 2 is 2.12 bits per heavy atom. The first-order valence-electron chi connectivity index (χ1n) is 5.78. The van der Waals surface area contributed by atoms with E-state index in [1.807, 2.05) is 18.3 Å². The van der Waals surface area contributed by atoms with Crippen LogP contribution in [0.3, 0.4) is 0 Å². The Hall–Kier alpha value is -1.55. The van der Waals surface area contributed by atoms with Crippen LogP contribution < -0.4 is 11.1 Å². The van der Waals surface area contributed by atoms with Crippen LogP contribution in [0.4, 0.5) is 5.69 Å². The standard InChI is InChI=1S/C12H16N4/c13-11-3-1-2-9-8-15-16(12(9)11)10-4-6-14-7-5-10/h1-3,8,10,14H,4-7,13H2. The van der Waals surface area contributed by atoms with Crippen molar-refractivity contribution in [1.82, 2.24) is 15.1 Å². The SMILES string of the molecule is Nc1cccc2cnn(C3CCNCC3)c12. The van der Waals surface area contributed by atoms with E-state index in [0.29, 0.717) is 6.04 Å². The maximum absolute atomic E-state index is 6.03. The summed E-state index contributed by atoms with van der Waals surface area (Å²) in [6.45, 7) is 2.14. The van der Waals surface area contributed by atoms with Gasteiger partial charge in [-0.3, -0.25) is 4.68 Å². The van der Waals surface area contributed by atoms with Gasteiger partial charge in [-0.05, 0) is 32.0 Å². The molecule has 3 rings (SSSR count). The summed E-state index contributed by atoms with van der Waals surface area (Å²) < 4.78 is 2.10. The highest BCUT2D eigenvalue weighted by Gasteiger charge is 2.18. The number of rotatable bonds is 1. The molecule has 4 heteroatoms. The van der Waals surface area contributed by atoms with Crippen molar-refractivity contribution in [2.45, 2.75) is 18.9 Å². The second kappa shape index (κ2) is 3.79. The second-order valence-corrected chi connectivity index (χ2v) is 4.36. The van der Waals surface area contributed by atoms with Crippen LogP contribution >= 0.6 is 0 Å². The monoisotopic (exact) mass is 216 g/mol. The molecule has 1 aliphatic heterocycles. The molecule has 1 aromatic heterocycles. The van der Waals surface area contributed by atoms with Crippen molar-refractivity contribution in [2.24, 2.45) is 0 Å². The number of hydrogen-bond donors (Lipinski definition) is 2. The van der Waals surface area contributed by atoms with Gasteiger partial charge in [-0.25, -0.2) is 0 Å². The first-order chi connectivity index (χ1) is 7.86. The average molecular weight is 216 g/mol. The highest BCUT2D eigenvalue weighted by Crippen LogP contribution is 2.27. The number of nitrogen functional groups attached to an aromatic ring is 1. The molecule has 16 heavy (non-hydrogen) atoms. The highest BCUT2D eigenvalue weighted by molar-refractivity contribution is 5.89. The van der Waals surface area contributed by atoms with Gasteiger partial charge in [0.05, 0.1) is 23.4 Å². The predicted octanol–water partition coefficient (Wildman–Crippen LogP) is 1.54. The third kappa shape index (κ3) is 1.46. The topological polar surface area (TPSA) is 55.9 Å². The lowest BCUT2D eigenvalue weighted by Crippen LogP contribution is -2.29. The van der Waals surface area contributed by atoms with Crippen molar-refractivity contribution < 1.29 is 0 Å². The fourth-order valence-corrected chi connectivity index (χ4v) is 2.46. The maximum Gasteiger partial charge on any atom is 0.0914 e. The Kier molecular flexibility index (Phi) is 2.29. The molecule has 0 saturated carbocycles. The molecule has 1 aromatic carbocycles. The average Bonchev–Trinajstić information content (AvgIpc) is 2.75. The summed E-state index contributed by atoms with van der Waals surface area (Å²) in [4.78, 5) is 0. The highest BCUT2D eigenvalue weighted by atomic mass is 15.3. The van der Waals surface area contributed by atoms with E-state index < -0.39 is 0 Å². The number of nitrogens with zero attached hydrogens (tertiary/aromatic N) is 2. The van der Waals surface area contributed by atoms with Crippen molar-refractivity contribution in [1.29, 1.82) is 0 Å². The minimum Gasteiger partial charge on any atom is -0.397 e. The minimum atomic E-state index is 0.489. The molecule has 2 aromatic rings. The van der Waals surface area contributed by atoms with Gasteiger partial charge in [0.25, 0.3) is 0 Å². The summed E-state index contributed by atoms with van der Waals surface area (Å²) in [5, 5.41) is 8.99. The fraction of sp³-hybridized carbons (Fsp3) is 0.417. The molecule has 0 unspecified atom stereocenters. The van der Waals surface area contributed by atoms with Gasteiger partial charge in [-0.1, -0.05) is 12.1 Å². The number of piperidine rings is 1. The van der Waals surface area contributed by atoms with E-state index >= 15 is 0 Å². The number of nitrogens with two attached hydrogens (primary N) is 1. The maximum atomic E-state index is 6.03. The lowest BCUT2D eigenvalue weighted by molar-refractivity contribution is 0.351. The Morgan fingerprint density at radius 3 is 2.94 bits per heavy atom. The van der Waals surface area contributed by atoms with Crippen LogP contribution in [0.1, 0.15) is 18.9 Å². The summed E-state index contributed by atoms with van der Waals surface area (Å²) in [6.07, 6.45) is 4.17. The smallest absolute Gasteiger partial charge is 0.0914 e. The molecule has 2 heterocycles. The quantitative estimate of drug-likeness (QED) is 0.711. The predicted molar refractivity (Wildman–Crippen MR) is 65.3 cm³/mol. The molecule has 0 atom stereocenters. The molecule has 0 amide bonds. The van der Waals surface area contributed by atoms with Crippen LogP contribution in [0, 0.1) is 0 Å². The first kappa shape index (κ1) is 9.66.